The third kappa shape index (κ3) is 5.32. The molecule has 4 aromatic rings. The average Bonchev–Trinajstić information content (AvgIpc) is 3.16. The summed E-state index contributed by atoms with van der Waals surface area (Å²) in [4.78, 5) is 17.0. The minimum absolute atomic E-state index is 0.192. The summed E-state index contributed by atoms with van der Waals surface area (Å²) in [6.07, 6.45) is 1.59. The highest BCUT2D eigenvalue weighted by atomic mass is 32.2. The summed E-state index contributed by atoms with van der Waals surface area (Å²) < 4.78 is 7.33. The highest BCUT2D eigenvalue weighted by Gasteiger charge is 2.13. The molecule has 4 rings (SSSR count). The lowest BCUT2D eigenvalue weighted by Gasteiger charge is -2.09. The number of benzene rings is 3. The quantitative estimate of drug-likeness (QED) is 0.257. The Morgan fingerprint density at radius 3 is 2.74 bits per heavy atom. The van der Waals surface area contributed by atoms with Gasteiger partial charge >= 0.3 is 0 Å². The van der Waals surface area contributed by atoms with Gasteiger partial charge in [0, 0.05) is 0 Å². The minimum Gasteiger partial charge on any atom is -0.497 e. The first-order valence-electron chi connectivity index (χ1n) is 9.81. The lowest BCUT2D eigenvalue weighted by Crippen LogP contribution is -2.20. The fraction of sp³-hybridized carbons (Fsp3) is 0.125. The average molecular weight is 431 g/mol. The molecule has 0 saturated heterocycles. The molecule has 0 aliphatic carbocycles. The Labute approximate surface area is 185 Å². The van der Waals surface area contributed by atoms with Crippen LogP contribution < -0.4 is 10.2 Å². The molecule has 0 radical (unpaired) electrons. The third-order valence-corrected chi connectivity index (χ3v) is 5.61. The van der Waals surface area contributed by atoms with Gasteiger partial charge in [-0.15, -0.1) is 0 Å². The molecular weight excluding hydrogens is 408 g/mol. The van der Waals surface area contributed by atoms with Gasteiger partial charge in [0.2, 0.25) is 0 Å². The van der Waals surface area contributed by atoms with Crippen LogP contribution in [0.5, 0.6) is 5.75 Å². The van der Waals surface area contributed by atoms with Gasteiger partial charge in [-0.2, -0.15) is 5.10 Å². The van der Waals surface area contributed by atoms with Crippen LogP contribution in [0, 0.1) is 0 Å². The van der Waals surface area contributed by atoms with Crippen LogP contribution in [0.2, 0.25) is 0 Å². The number of carbonyl (C=O) groups is 1. The zero-order valence-corrected chi connectivity index (χ0v) is 17.9. The monoisotopic (exact) mass is 430 g/mol. The van der Waals surface area contributed by atoms with E-state index in [0.29, 0.717) is 6.54 Å². The molecule has 1 amide bonds. The molecule has 0 bridgehead atoms. The number of thioether (sulfide) groups is 1. The number of methoxy groups -OCH3 is 1. The summed E-state index contributed by atoms with van der Waals surface area (Å²) in [7, 11) is 1.61. The summed E-state index contributed by atoms with van der Waals surface area (Å²) in [6, 6.07) is 25.7. The standard InChI is InChI=1S/C24H22N4O2S/c1-30-20-11-7-10-19(14-20)15-25-27-23(29)17-31-24-26-21-12-5-6-13-22(21)28(24)16-18-8-3-2-4-9-18/h2-15H,16-17H2,1H3,(H,27,29). The molecule has 0 saturated carbocycles. The number of ether oxygens (including phenoxy) is 1. The Bertz CT molecular complexity index is 1200. The van der Waals surface area contributed by atoms with E-state index in [2.05, 4.69) is 27.2 Å². The summed E-state index contributed by atoms with van der Waals surface area (Å²) in [5.74, 6) is 0.763. The van der Waals surface area contributed by atoms with Gasteiger partial charge in [-0.05, 0) is 35.4 Å². The second-order valence-electron chi connectivity index (χ2n) is 6.81. The number of hydrogen-bond acceptors (Lipinski definition) is 5. The molecule has 0 spiro atoms. The van der Waals surface area contributed by atoms with Crippen molar-refractivity contribution in [3.8, 4) is 5.75 Å². The van der Waals surface area contributed by atoms with Crippen LogP contribution in [0.4, 0.5) is 0 Å². The molecule has 3 aromatic carbocycles. The number of rotatable bonds is 8. The van der Waals surface area contributed by atoms with Crippen LogP contribution in [-0.2, 0) is 11.3 Å². The van der Waals surface area contributed by atoms with Crippen molar-refractivity contribution >= 4 is 34.9 Å². The molecular formula is C24H22N4O2S. The number of amides is 1. The molecule has 1 aromatic heterocycles. The maximum absolute atomic E-state index is 12.3. The van der Waals surface area contributed by atoms with E-state index >= 15 is 0 Å². The summed E-state index contributed by atoms with van der Waals surface area (Å²) in [6.45, 7) is 0.694. The Hall–Kier alpha value is -3.58. The number of para-hydroxylation sites is 2. The fourth-order valence-electron chi connectivity index (χ4n) is 3.15. The van der Waals surface area contributed by atoms with E-state index in [0.717, 1.165) is 27.5 Å². The minimum atomic E-state index is -0.192. The molecule has 31 heavy (non-hydrogen) atoms. The smallest absolute Gasteiger partial charge is 0.250 e. The Balaban J connectivity index is 1.43. The third-order valence-electron chi connectivity index (χ3n) is 4.63. The van der Waals surface area contributed by atoms with Gasteiger partial charge in [-0.25, -0.2) is 10.4 Å². The first-order valence-corrected chi connectivity index (χ1v) is 10.8. The summed E-state index contributed by atoms with van der Waals surface area (Å²) >= 11 is 1.40. The van der Waals surface area contributed by atoms with Crippen LogP contribution in [0.3, 0.4) is 0 Å². The van der Waals surface area contributed by atoms with Gasteiger partial charge in [-0.1, -0.05) is 66.4 Å². The van der Waals surface area contributed by atoms with E-state index in [-0.39, 0.29) is 11.7 Å². The van der Waals surface area contributed by atoms with Gasteiger partial charge < -0.3 is 9.30 Å². The first kappa shape index (κ1) is 20.7. The fourth-order valence-corrected chi connectivity index (χ4v) is 3.95. The topological polar surface area (TPSA) is 68.5 Å². The molecule has 0 unspecified atom stereocenters. The predicted molar refractivity (Wildman–Crippen MR) is 125 cm³/mol. The molecule has 0 fully saturated rings. The SMILES string of the molecule is COc1cccc(C=NNC(=O)CSc2nc3ccccc3n2Cc2ccccc2)c1. The number of hydrazone groups is 1. The molecule has 0 aliphatic heterocycles. The van der Waals surface area contributed by atoms with Gasteiger partial charge in [0.25, 0.3) is 5.91 Å². The van der Waals surface area contributed by atoms with Crippen molar-refractivity contribution in [2.45, 2.75) is 11.7 Å². The highest BCUT2D eigenvalue weighted by Crippen LogP contribution is 2.25. The molecule has 1 N–H and O–H groups in total. The van der Waals surface area contributed by atoms with E-state index in [4.69, 9.17) is 9.72 Å². The van der Waals surface area contributed by atoms with Crippen LogP contribution in [0.25, 0.3) is 11.0 Å². The second kappa shape index (κ2) is 9.95. The lowest BCUT2D eigenvalue weighted by molar-refractivity contribution is -0.118. The van der Waals surface area contributed by atoms with Gasteiger partial charge in [0.05, 0.1) is 36.7 Å². The molecule has 1 heterocycles. The first-order chi connectivity index (χ1) is 15.2. The largest absolute Gasteiger partial charge is 0.497 e. The maximum atomic E-state index is 12.3. The van der Waals surface area contributed by atoms with Crippen molar-refractivity contribution in [2.24, 2.45) is 5.10 Å². The van der Waals surface area contributed by atoms with Crippen LogP contribution in [-0.4, -0.2) is 34.5 Å². The van der Waals surface area contributed by atoms with Crippen molar-refractivity contribution in [1.82, 2.24) is 15.0 Å². The van der Waals surface area contributed by atoms with E-state index in [1.807, 2.05) is 66.7 Å². The molecule has 7 heteroatoms. The Morgan fingerprint density at radius 2 is 1.90 bits per heavy atom. The molecule has 0 aliphatic rings. The molecule has 6 nitrogen and oxygen atoms in total. The number of hydrogen-bond donors (Lipinski definition) is 1. The van der Waals surface area contributed by atoms with Crippen molar-refractivity contribution < 1.29 is 9.53 Å². The number of imidazole rings is 1. The Morgan fingerprint density at radius 1 is 1.10 bits per heavy atom. The van der Waals surface area contributed by atoms with Crippen molar-refractivity contribution in [3.63, 3.8) is 0 Å². The maximum Gasteiger partial charge on any atom is 0.250 e. The van der Waals surface area contributed by atoms with E-state index < -0.39 is 0 Å². The van der Waals surface area contributed by atoms with E-state index in [1.54, 1.807) is 13.3 Å². The molecule has 156 valence electrons. The number of fused-ring (bicyclic) bond motifs is 1. The lowest BCUT2D eigenvalue weighted by atomic mass is 10.2. The van der Waals surface area contributed by atoms with Crippen LogP contribution in [0.15, 0.2) is 89.1 Å². The second-order valence-corrected chi connectivity index (χ2v) is 7.76. The highest BCUT2D eigenvalue weighted by molar-refractivity contribution is 7.99. The summed E-state index contributed by atoms with van der Waals surface area (Å²) in [5.41, 5.74) is 6.56. The van der Waals surface area contributed by atoms with Crippen molar-refractivity contribution in [1.29, 1.82) is 0 Å². The summed E-state index contributed by atoms with van der Waals surface area (Å²) in [5, 5.41) is 4.84. The number of aromatic nitrogens is 2. The van der Waals surface area contributed by atoms with Crippen molar-refractivity contribution in [2.75, 3.05) is 12.9 Å². The van der Waals surface area contributed by atoms with Gasteiger partial charge in [0.1, 0.15) is 5.75 Å². The van der Waals surface area contributed by atoms with Crippen molar-refractivity contribution in [3.05, 3.63) is 90.0 Å². The number of carbonyl (C=O) groups excluding carboxylic acids is 1. The zero-order chi connectivity index (χ0) is 21.5. The number of nitrogens with one attached hydrogen (secondary N) is 1. The number of nitrogens with zero attached hydrogens (tertiary/aromatic N) is 3. The normalized spacial score (nSPS) is 11.1. The van der Waals surface area contributed by atoms with E-state index in [1.165, 1.54) is 17.3 Å². The van der Waals surface area contributed by atoms with Crippen LogP contribution >= 0.6 is 11.8 Å². The zero-order valence-electron chi connectivity index (χ0n) is 17.1. The van der Waals surface area contributed by atoms with Gasteiger partial charge in [-0.3, -0.25) is 4.79 Å². The van der Waals surface area contributed by atoms with E-state index in [9.17, 15) is 4.79 Å². The predicted octanol–water partition coefficient (Wildman–Crippen LogP) is 4.34. The van der Waals surface area contributed by atoms with Crippen LogP contribution in [0.1, 0.15) is 11.1 Å². The van der Waals surface area contributed by atoms with Gasteiger partial charge in [0.15, 0.2) is 5.16 Å². The Kier molecular flexibility index (Phi) is 6.64. The molecule has 0 atom stereocenters.